The second kappa shape index (κ2) is 3.96. The lowest BCUT2D eigenvalue weighted by atomic mass is 10.2. The van der Waals surface area contributed by atoms with Crippen LogP contribution in [-0.2, 0) is 11.3 Å². The molecule has 1 aromatic rings. The van der Waals surface area contributed by atoms with Crippen LogP contribution in [-0.4, -0.2) is 17.4 Å². The number of nitrogens with zero attached hydrogens (tertiary/aromatic N) is 1. The fourth-order valence-corrected chi connectivity index (χ4v) is 1.73. The molecule has 1 saturated heterocycles. The Kier molecular flexibility index (Phi) is 2.66. The fourth-order valence-electron chi connectivity index (χ4n) is 1.73. The average Bonchev–Trinajstić information content (AvgIpc) is 2.57. The van der Waals surface area contributed by atoms with E-state index >= 15 is 0 Å². The molecule has 1 aromatic carbocycles. The van der Waals surface area contributed by atoms with Crippen molar-refractivity contribution in [2.75, 3.05) is 6.54 Å². The number of halogens is 2. The van der Waals surface area contributed by atoms with Crippen molar-refractivity contribution in [2.24, 2.45) is 0 Å². The van der Waals surface area contributed by atoms with E-state index in [9.17, 15) is 13.6 Å². The number of hydrogen-bond acceptors (Lipinski definition) is 1. The Morgan fingerprint density at radius 2 is 2.13 bits per heavy atom. The van der Waals surface area contributed by atoms with Crippen molar-refractivity contribution < 1.29 is 13.6 Å². The van der Waals surface area contributed by atoms with Gasteiger partial charge in [0.1, 0.15) is 11.6 Å². The van der Waals surface area contributed by atoms with Gasteiger partial charge in [-0.25, -0.2) is 8.78 Å². The molecule has 80 valence electrons. The van der Waals surface area contributed by atoms with Crippen molar-refractivity contribution in [2.45, 2.75) is 19.4 Å². The highest BCUT2D eigenvalue weighted by Crippen LogP contribution is 2.16. The first kappa shape index (κ1) is 10.1. The Morgan fingerprint density at radius 3 is 2.73 bits per heavy atom. The zero-order valence-electron chi connectivity index (χ0n) is 8.17. The summed E-state index contributed by atoms with van der Waals surface area (Å²) in [6.07, 6.45) is 1.35. The Morgan fingerprint density at radius 1 is 1.33 bits per heavy atom. The molecule has 0 radical (unpaired) electrons. The summed E-state index contributed by atoms with van der Waals surface area (Å²) >= 11 is 0. The van der Waals surface area contributed by atoms with Crippen LogP contribution in [0.3, 0.4) is 0 Å². The van der Waals surface area contributed by atoms with Crippen LogP contribution in [0.4, 0.5) is 8.78 Å². The van der Waals surface area contributed by atoms with Gasteiger partial charge >= 0.3 is 0 Å². The number of benzene rings is 1. The van der Waals surface area contributed by atoms with E-state index in [0.29, 0.717) is 18.5 Å². The van der Waals surface area contributed by atoms with Gasteiger partial charge in [0, 0.05) is 31.1 Å². The number of carbonyl (C=O) groups excluding carboxylic acids is 1. The van der Waals surface area contributed by atoms with E-state index in [2.05, 4.69) is 0 Å². The normalized spacial score (nSPS) is 16.1. The predicted molar refractivity (Wildman–Crippen MR) is 51.0 cm³/mol. The van der Waals surface area contributed by atoms with E-state index in [0.717, 1.165) is 12.5 Å². The zero-order chi connectivity index (χ0) is 10.8. The van der Waals surface area contributed by atoms with Crippen LogP contribution >= 0.6 is 0 Å². The molecule has 0 aromatic heterocycles. The molecule has 1 aliphatic rings. The monoisotopic (exact) mass is 211 g/mol. The minimum atomic E-state index is -0.594. The standard InChI is InChI=1S/C11H11F2NO/c12-9-4-3-8(10(13)6-9)7-14-5-1-2-11(14)15/h3-4,6H,1-2,5,7H2. The second-order valence-electron chi connectivity index (χ2n) is 3.65. The van der Waals surface area contributed by atoms with Gasteiger partial charge in [0.25, 0.3) is 0 Å². The highest BCUT2D eigenvalue weighted by molar-refractivity contribution is 5.78. The molecule has 1 amide bonds. The van der Waals surface area contributed by atoms with Crippen LogP contribution < -0.4 is 0 Å². The van der Waals surface area contributed by atoms with Crippen LogP contribution in [0, 0.1) is 11.6 Å². The Balaban J connectivity index is 2.13. The minimum absolute atomic E-state index is 0.0405. The molecule has 0 atom stereocenters. The van der Waals surface area contributed by atoms with Gasteiger partial charge in [0.05, 0.1) is 0 Å². The number of rotatable bonds is 2. The lowest BCUT2D eigenvalue weighted by molar-refractivity contribution is -0.128. The summed E-state index contributed by atoms with van der Waals surface area (Å²) in [4.78, 5) is 12.9. The van der Waals surface area contributed by atoms with Gasteiger partial charge in [-0.15, -0.1) is 0 Å². The van der Waals surface area contributed by atoms with Gasteiger partial charge in [0.15, 0.2) is 0 Å². The average molecular weight is 211 g/mol. The quantitative estimate of drug-likeness (QED) is 0.733. The van der Waals surface area contributed by atoms with Gasteiger partial charge in [0.2, 0.25) is 5.91 Å². The Bertz CT molecular complexity index is 392. The molecule has 15 heavy (non-hydrogen) atoms. The minimum Gasteiger partial charge on any atom is -0.338 e. The summed E-state index contributed by atoms with van der Waals surface area (Å²) in [6.45, 7) is 0.903. The van der Waals surface area contributed by atoms with Crippen LogP contribution in [0.1, 0.15) is 18.4 Å². The van der Waals surface area contributed by atoms with Gasteiger partial charge in [-0.3, -0.25) is 4.79 Å². The van der Waals surface area contributed by atoms with Crippen molar-refractivity contribution >= 4 is 5.91 Å². The van der Waals surface area contributed by atoms with E-state index in [1.54, 1.807) is 4.90 Å². The molecule has 1 aliphatic heterocycles. The summed E-state index contributed by atoms with van der Waals surface area (Å²) in [5.74, 6) is -1.14. The first-order chi connectivity index (χ1) is 7.16. The van der Waals surface area contributed by atoms with Crippen molar-refractivity contribution in [3.63, 3.8) is 0 Å². The smallest absolute Gasteiger partial charge is 0.222 e. The van der Waals surface area contributed by atoms with E-state index in [1.807, 2.05) is 0 Å². The number of amides is 1. The van der Waals surface area contributed by atoms with Gasteiger partial charge < -0.3 is 4.90 Å². The molecule has 2 nitrogen and oxygen atoms in total. The fraction of sp³-hybridized carbons (Fsp3) is 0.364. The maximum Gasteiger partial charge on any atom is 0.222 e. The lowest BCUT2D eigenvalue weighted by Crippen LogP contribution is -2.24. The maximum atomic E-state index is 13.3. The maximum absolute atomic E-state index is 13.3. The number of likely N-dealkylation sites (tertiary alicyclic amines) is 1. The molecule has 0 saturated carbocycles. The lowest BCUT2D eigenvalue weighted by Gasteiger charge is -2.15. The molecule has 2 rings (SSSR count). The van der Waals surface area contributed by atoms with Gasteiger partial charge in [-0.2, -0.15) is 0 Å². The number of hydrogen-bond donors (Lipinski definition) is 0. The van der Waals surface area contributed by atoms with Crippen LogP contribution in [0.15, 0.2) is 18.2 Å². The molecule has 4 heteroatoms. The molecule has 0 spiro atoms. The van der Waals surface area contributed by atoms with Gasteiger partial charge in [-0.1, -0.05) is 6.07 Å². The molecule has 0 aliphatic carbocycles. The highest BCUT2D eigenvalue weighted by atomic mass is 19.1. The molecule has 0 bridgehead atoms. The molecule has 0 unspecified atom stereocenters. The van der Waals surface area contributed by atoms with E-state index in [1.165, 1.54) is 12.1 Å². The third-order valence-electron chi connectivity index (χ3n) is 2.55. The molecule has 1 fully saturated rings. The first-order valence-corrected chi connectivity index (χ1v) is 4.88. The highest BCUT2D eigenvalue weighted by Gasteiger charge is 2.21. The van der Waals surface area contributed by atoms with Crippen molar-refractivity contribution in [3.8, 4) is 0 Å². The SMILES string of the molecule is O=C1CCCN1Cc1ccc(F)cc1F. The summed E-state index contributed by atoms with van der Waals surface area (Å²) in [5.41, 5.74) is 0.367. The predicted octanol–water partition coefficient (Wildman–Crippen LogP) is 2.09. The van der Waals surface area contributed by atoms with E-state index in [-0.39, 0.29) is 12.5 Å². The third kappa shape index (κ3) is 2.14. The van der Waals surface area contributed by atoms with Crippen molar-refractivity contribution in [1.82, 2.24) is 4.90 Å². The number of carbonyl (C=O) groups is 1. The summed E-state index contributed by atoms with van der Waals surface area (Å²) in [6, 6.07) is 3.44. The summed E-state index contributed by atoms with van der Waals surface area (Å²) in [7, 11) is 0. The zero-order valence-corrected chi connectivity index (χ0v) is 8.17. The molecule has 0 N–H and O–H groups in total. The van der Waals surface area contributed by atoms with E-state index < -0.39 is 11.6 Å². The van der Waals surface area contributed by atoms with E-state index in [4.69, 9.17) is 0 Å². The topological polar surface area (TPSA) is 20.3 Å². The largest absolute Gasteiger partial charge is 0.338 e. The second-order valence-corrected chi connectivity index (χ2v) is 3.65. The first-order valence-electron chi connectivity index (χ1n) is 4.88. The van der Waals surface area contributed by atoms with Crippen LogP contribution in [0.5, 0.6) is 0 Å². The van der Waals surface area contributed by atoms with Crippen molar-refractivity contribution in [3.05, 3.63) is 35.4 Å². The Hall–Kier alpha value is -1.45. The van der Waals surface area contributed by atoms with Crippen LogP contribution in [0.2, 0.25) is 0 Å². The molecular weight excluding hydrogens is 200 g/mol. The third-order valence-corrected chi connectivity index (χ3v) is 2.55. The van der Waals surface area contributed by atoms with Gasteiger partial charge in [-0.05, 0) is 12.5 Å². The van der Waals surface area contributed by atoms with Crippen molar-refractivity contribution in [1.29, 1.82) is 0 Å². The van der Waals surface area contributed by atoms with Crippen LogP contribution in [0.25, 0.3) is 0 Å². The molecule has 1 heterocycles. The summed E-state index contributed by atoms with van der Waals surface area (Å²) < 4.78 is 25.9. The molecular formula is C11H11F2NO. The Labute approximate surface area is 86.5 Å². The summed E-state index contributed by atoms with van der Waals surface area (Å²) in [5, 5.41) is 0.